The molecule has 0 spiro atoms. The van der Waals surface area contributed by atoms with Gasteiger partial charge in [-0.3, -0.25) is 0 Å². The smallest absolute Gasteiger partial charge is 0.128 e. The molecule has 80 valence electrons. The Morgan fingerprint density at radius 2 is 1.80 bits per heavy atom. The summed E-state index contributed by atoms with van der Waals surface area (Å²) in [7, 11) is 3.24. The summed E-state index contributed by atoms with van der Waals surface area (Å²) in [4.78, 5) is 0. The molecule has 1 aliphatic carbocycles. The van der Waals surface area contributed by atoms with Gasteiger partial charge < -0.3 is 14.7 Å². The molecule has 1 aromatic carbocycles. The highest BCUT2D eigenvalue weighted by Crippen LogP contribution is 2.37. The molecule has 4 heteroatoms. The molecule has 0 heterocycles. The van der Waals surface area contributed by atoms with Gasteiger partial charge in [-0.1, -0.05) is 5.16 Å². The topological polar surface area (TPSA) is 51.0 Å². The Labute approximate surface area is 88.1 Å². The summed E-state index contributed by atoms with van der Waals surface area (Å²) in [6.07, 6.45) is 1.55. The van der Waals surface area contributed by atoms with Crippen molar-refractivity contribution in [3.05, 3.63) is 23.3 Å². The molecule has 0 atom stereocenters. The molecule has 0 aliphatic heterocycles. The van der Waals surface area contributed by atoms with Crippen molar-refractivity contribution in [1.29, 1.82) is 0 Å². The van der Waals surface area contributed by atoms with Crippen molar-refractivity contribution in [3.63, 3.8) is 0 Å². The average molecular weight is 207 g/mol. The molecule has 1 aliphatic rings. The summed E-state index contributed by atoms with van der Waals surface area (Å²) in [5.74, 6) is 1.56. The highest BCUT2D eigenvalue weighted by molar-refractivity contribution is 6.07. The minimum absolute atomic E-state index is 0.667. The number of nitrogens with zero attached hydrogens (tertiary/aromatic N) is 1. The molecular weight excluding hydrogens is 194 g/mol. The van der Waals surface area contributed by atoms with Crippen molar-refractivity contribution in [3.8, 4) is 11.5 Å². The first-order valence-corrected chi connectivity index (χ1v) is 4.77. The number of benzene rings is 1. The number of fused-ring (bicyclic) bond motifs is 1. The molecule has 1 N–H and O–H groups in total. The van der Waals surface area contributed by atoms with E-state index in [1.165, 1.54) is 0 Å². The van der Waals surface area contributed by atoms with Crippen LogP contribution in [0.3, 0.4) is 0 Å². The molecule has 0 saturated carbocycles. The van der Waals surface area contributed by atoms with E-state index in [-0.39, 0.29) is 0 Å². The van der Waals surface area contributed by atoms with Crippen LogP contribution in [0.5, 0.6) is 11.5 Å². The average Bonchev–Trinajstić information content (AvgIpc) is 2.71. The molecule has 15 heavy (non-hydrogen) atoms. The number of hydrogen-bond donors (Lipinski definition) is 1. The second-order valence-electron chi connectivity index (χ2n) is 3.37. The van der Waals surface area contributed by atoms with E-state index >= 15 is 0 Å². The molecule has 0 aromatic heterocycles. The Balaban J connectivity index is 2.63. The lowest BCUT2D eigenvalue weighted by atomic mass is 10.1. The molecule has 2 rings (SSSR count). The minimum Gasteiger partial charge on any atom is -0.496 e. The van der Waals surface area contributed by atoms with Crippen molar-refractivity contribution in [1.82, 2.24) is 0 Å². The molecule has 0 fully saturated rings. The van der Waals surface area contributed by atoms with Gasteiger partial charge >= 0.3 is 0 Å². The first-order chi connectivity index (χ1) is 7.31. The Morgan fingerprint density at radius 1 is 1.13 bits per heavy atom. The van der Waals surface area contributed by atoms with E-state index in [1.807, 2.05) is 12.1 Å². The number of oxime groups is 1. The normalized spacial score (nSPS) is 16.5. The van der Waals surface area contributed by atoms with Gasteiger partial charge in [0.05, 0.1) is 19.9 Å². The SMILES string of the molecule is COc1ccc(OC)c2c1CC/C2=N\O. The summed E-state index contributed by atoms with van der Waals surface area (Å²) in [6, 6.07) is 3.70. The van der Waals surface area contributed by atoms with Crippen LogP contribution in [0.1, 0.15) is 17.5 Å². The second kappa shape index (κ2) is 3.81. The maximum Gasteiger partial charge on any atom is 0.128 e. The van der Waals surface area contributed by atoms with Gasteiger partial charge in [-0.15, -0.1) is 0 Å². The van der Waals surface area contributed by atoms with Gasteiger partial charge in [0.2, 0.25) is 0 Å². The third-order valence-electron chi connectivity index (χ3n) is 2.69. The standard InChI is InChI=1S/C11H13NO3/c1-14-9-5-6-10(15-2)11-7(9)3-4-8(11)12-13/h5-6,13H,3-4H2,1-2H3/b12-8+. The minimum atomic E-state index is 0.667. The van der Waals surface area contributed by atoms with Crippen LogP contribution < -0.4 is 9.47 Å². The molecule has 1 aromatic rings. The van der Waals surface area contributed by atoms with Gasteiger partial charge in [-0.2, -0.15) is 0 Å². The van der Waals surface area contributed by atoms with E-state index in [2.05, 4.69) is 5.16 Å². The number of methoxy groups -OCH3 is 2. The molecule has 0 bridgehead atoms. The van der Waals surface area contributed by atoms with Gasteiger partial charge in [0.1, 0.15) is 11.5 Å². The molecule has 0 amide bonds. The van der Waals surface area contributed by atoms with Crippen molar-refractivity contribution in [2.75, 3.05) is 14.2 Å². The van der Waals surface area contributed by atoms with Crippen molar-refractivity contribution in [2.45, 2.75) is 12.8 Å². The highest BCUT2D eigenvalue weighted by Gasteiger charge is 2.25. The first kappa shape index (κ1) is 9.83. The zero-order chi connectivity index (χ0) is 10.8. The highest BCUT2D eigenvalue weighted by atomic mass is 16.5. The Bertz CT molecular complexity index is 413. The monoisotopic (exact) mass is 207 g/mol. The summed E-state index contributed by atoms with van der Waals surface area (Å²) in [6.45, 7) is 0. The van der Waals surface area contributed by atoms with Crippen LogP contribution in [0.15, 0.2) is 17.3 Å². The molecular formula is C11H13NO3. The third-order valence-corrected chi connectivity index (χ3v) is 2.69. The Kier molecular flexibility index (Phi) is 2.49. The predicted molar refractivity (Wildman–Crippen MR) is 56.2 cm³/mol. The van der Waals surface area contributed by atoms with Gasteiger partial charge in [-0.05, 0) is 25.0 Å². The Hall–Kier alpha value is -1.71. The van der Waals surface area contributed by atoms with E-state index in [4.69, 9.17) is 14.7 Å². The quantitative estimate of drug-likeness (QED) is 0.594. The molecule has 0 unspecified atom stereocenters. The molecule has 4 nitrogen and oxygen atoms in total. The van der Waals surface area contributed by atoms with Crippen LogP contribution in [0, 0.1) is 0 Å². The van der Waals surface area contributed by atoms with E-state index in [0.29, 0.717) is 5.71 Å². The lowest BCUT2D eigenvalue weighted by Gasteiger charge is -2.10. The maximum atomic E-state index is 8.89. The summed E-state index contributed by atoms with van der Waals surface area (Å²) in [5, 5.41) is 12.2. The Morgan fingerprint density at radius 3 is 2.40 bits per heavy atom. The van der Waals surface area contributed by atoms with E-state index < -0.39 is 0 Å². The van der Waals surface area contributed by atoms with Gasteiger partial charge in [0, 0.05) is 11.1 Å². The van der Waals surface area contributed by atoms with E-state index in [1.54, 1.807) is 14.2 Å². The van der Waals surface area contributed by atoms with E-state index in [0.717, 1.165) is 35.5 Å². The number of ether oxygens (including phenoxy) is 2. The van der Waals surface area contributed by atoms with Crippen LogP contribution in [-0.2, 0) is 6.42 Å². The predicted octanol–water partition coefficient (Wildman–Crippen LogP) is 1.83. The lowest BCUT2D eigenvalue weighted by Crippen LogP contribution is -2.00. The number of rotatable bonds is 2. The molecule has 0 saturated heterocycles. The largest absolute Gasteiger partial charge is 0.496 e. The summed E-state index contributed by atoms with van der Waals surface area (Å²) in [5.41, 5.74) is 2.60. The zero-order valence-electron chi connectivity index (χ0n) is 8.78. The zero-order valence-corrected chi connectivity index (χ0v) is 8.78. The van der Waals surface area contributed by atoms with Crippen molar-refractivity contribution >= 4 is 5.71 Å². The fourth-order valence-electron chi connectivity index (χ4n) is 2.00. The van der Waals surface area contributed by atoms with Crippen LogP contribution >= 0.6 is 0 Å². The van der Waals surface area contributed by atoms with Crippen LogP contribution in [0.2, 0.25) is 0 Å². The maximum absolute atomic E-state index is 8.89. The number of hydrogen-bond acceptors (Lipinski definition) is 4. The van der Waals surface area contributed by atoms with Crippen LogP contribution in [-0.4, -0.2) is 25.1 Å². The lowest BCUT2D eigenvalue weighted by molar-refractivity contribution is 0.318. The fraction of sp³-hybridized carbons (Fsp3) is 0.364. The van der Waals surface area contributed by atoms with Crippen LogP contribution in [0.4, 0.5) is 0 Å². The fourth-order valence-corrected chi connectivity index (χ4v) is 2.00. The van der Waals surface area contributed by atoms with Crippen LogP contribution in [0.25, 0.3) is 0 Å². The summed E-state index contributed by atoms with van der Waals surface area (Å²) >= 11 is 0. The first-order valence-electron chi connectivity index (χ1n) is 4.77. The van der Waals surface area contributed by atoms with Crippen molar-refractivity contribution < 1.29 is 14.7 Å². The van der Waals surface area contributed by atoms with Gasteiger partial charge in [-0.25, -0.2) is 0 Å². The second-order valence-corrected chi connectivity index (χ2v) is 3.37. The molecule has 0 radical (unpaired) electrons. The summed E-state index contributed by atoms with van der Waals surface area (Å²) < 4.78 is 10.5. The van der Waals surface area contributed by atoms with Gasteiger partial charge in [0.15, 0.2) is 0 Å². The van der Waals surface area contributed by atoms with Crippen molar-refractivity contribution in [2.24, 2.45) is 5.16 Å². The van der Waals surface area contributed by atoms with E-state index in [9.17, 15) is 0 Å². The van der Waals surface area contributed by atoms with Gasteiger partial charge in [0.25, 0.3) is 0 Å². The third kappa shape index (κ3) is 1.42.